The SMILES string of the molecule is CC(=O)N1CCN(C(=O)Cc2ccccn2)[C@H](CN2CCCC2)C1. The Morgan fingerprint density at radius 1 is 1.17 bits per heavy atom. The van der Waals surface area contributed by atoms with Crippen molar-refractivity contribution in [1.29, 1.82) is 0 Å². The van der Waals surface area contributed by atoms with Crippen molar-refractivity contribution in [3.63, 3.8) is 0 Å². The van der Waals surface area contributed by atoms with Crippen LogP contribution in [0.1, 0.15) is 25.5 Å². The number of piperazine rings is 1. The lowest BCUT2D eigenvalue weighted by molar-refractivity contribution is -0.142. The Bertz CT molecular complexity index is 572. The monoisotopic (exact) mass is 330 g/mol. The minimum atomic E-state index is 0.0805. The number of likely N-dealkylation sites (tertiary alicyclic amines) is 1. The molecule has 2 aliphatic heterocycles. The van der Waals surface area contributed by atoms with Crippen molar-refractivity contribution in [1.82, 2.24) is 19.7 Å². The topological polar surface area (TPSA) is 56.8 Å². The van der Waals surface area contributed by atoms with Gasteiger partial charge in [0, 0.05) is 45.0 Å². The maximum Gasteiger partial charge on any atom is 0.229 e. The fourth-order valence-corrected chi connectivity index (χ4v) is 3.65. The summed E-state index contributed by atoms with van der Waals surface area (Å²) < 4.78 is 0. The molecule has 2 aliphatic rings. The Morgan fingerprint density at radius 2 is 1.96 bits per heavy atom. The molecule has 130 valence electrons. The average molecular weight is 330 g/mol. The standard InChI is InChI=1S/C18H26N4O2/c1-15(23)21-10-11-22(17(14-21)13-20-8-4-5-9-20)18(24)12-16-6-2-3-7-19-16/h2-3,6-7,17H,4-5,8-14H2,1H3/t17-/m1/s1. The Balaban J connectivity index is 1.68. The zero-order chi connectivity index (χ0) is 16.9. The second-order valence-corrected chi connectivity index (χ2v) is 6.71. The molecule has 3 heterocycles. The van der Waals surface area contributed by atoms with Crippen LogP contribution in [0, 0.1) is 0 Å². The lowest BCUT2D eigenvalue weighted by atomic mass is 10.1. The Hall–Kier alpha value is -1.95. The third kappa shape index (κ3) is 4.12. The molecule has 0 aliphatic carbocycles. The van der Waals surface area contributed by atoms with E-state index in [2.05, 4.69) is 9.88 Å². The first-order valence-electron chi connectivity index (χ1n) is 8.81. The maximum absolute atomic E-state index is 12.8. The number of nitrogens with zero attached hydrogens (tertiary/aromatic N) is 4. The Kier molecular flexibility index (Phi) is 5.45. The fraction of sp³-hybridized carbons (Fsp3) is 0.611. The van der Waals surface area contributed by atoms with Crippen molar-refractivity contribution in [3.05, 3.63) is 30.1 Å². The number of pyridine rings is 1. The molecule has 24 heavy (non-hydrogen) atoms. The van der Waals surface area contributed by atoms with E-state index in [0.717, 1.165) is 25.3 Å². The van der Waals surface area contributed by atoms with Gasteiger partial charge in [0.2, 0.25) is 11.8 Å². The predicted molar refractivity (Wildman–Crippen MR) is 91.4 cm³/mol. The van der Waals surface area contributed by atoms with Gasteiger partial charge in [-0.15, -0.1) is 0 Å². The van der Waals surface area contributed by atoms with Crippen molar-refractivity contribution in [2.45, 2.75) is 32.2 Å². The fourth-order valence-electron chi connectivity index (χ4n) is 3.65. The highest BCUT2D eigenvalue weighted by Crippen LogP contribution is 2.16. The zero-order valence-electron chi connectivity index (χ0n) is 14.4. The molecule has 1 atom stereocenters. The molecule has 2 saturated heterocycles. The van der Waals surface area contributed by atoms with Crippen LogP contribution in [0.3, 0.4) is 0 Å². The van der Waals surface area contributed by atoms with Gasteiger partial charge in [-0.1, -0.05) is 6.07 Å². The third-order valence-corrected chi connectivity index (χ3v) is 4.97. The zero-order valence-corrected chi connectivity index (χ0v) is 14.4. The molecule has 0 aromatic carbocycles. The summed E-state index contributed by atoms with van der Waals surface area (Å²) >= 11 is 0. The summed E-state index contributed by atoms with van der Waals surface area (Å²) in [7, 11) is 0. The number of aromatic nitrogens is 1. The molecule has 0 unspecified atom stereocenters. The summed E-state index contributed by atoms with van der Waals surface area (Å²) in [6.07, 6.45) is 4.51. The number of carbonyl (C=O) groups excluding carboxylic acids is 2. The normalized spacial score (nSPS) is 22.0. The van der Waals surface area contributed by atoms with E-state index in [1.54, 1.807) is 13.1 Å². The predicted octanol–water partition coefficient (Wildman–Crippen LogP) is 0.779. The molecule has 6 nitrogen and oxygen atoms in total. The first kappa shape index (κ1) is 16.9. The van der Waals surface area contributed by atoms with Gasteiger partial charge in [0.15, 0.2) is 0 Å². The van der Waals surface area contributed by atoms with E-state index in [-0.39, 0.29) is 17.9 Å². The van der Waals surface area contributed by atoms with E-state index >= 15 is 0 Å². The van der Waals surface area contributed by atoms with Crippen molar-refractivity contribution >= 4 is 11.8 Å². The van der Waals surface area contributed by atoms with Gasteiger partial charge in [0.05, 0.1) is 12.5 Å². The molecule has 0 radical (unpaired) electrons. The van der Waals surface area contributed by atoms with Gasteiger partial charge in [-0.3, -0.25) is 14.6 Å². The van der Waals surface area contributed by atoms with Crippen LogP contribution >= 0.6 is 0 Å². The minimum absolute atomic E-state index is 0.0805. The molecule has 6 heteroatoms. The van der Waals surface area contributed by atoms with Crippen LogP contribution in [-0.2, 0) is 16.0 Å². The van der Waals surface area contributed by atoms with E-state index < -0.39 is 0 Å². The molecule has 0 saturated carbocycles. The van der Waals surface area contributed by atoms with Crippen molar-refractivity contribution in [2.24, 2.45) is 0 Å². The Morgan fingerprint density at radius 3 is 2.62 bits per heavy atom. The van der Waals surface area contributed by atoms with Crippen molar-refractivity contribution in [3.8, 4) is 0 Å². The smallest absolute Gasteiger partial charge is 0.229 e. The molecule has 0 N–H and O–H groups in total. The minimum Gasteiger partial charge on any atom is -0.339 e. The van der Waals surface area contributed by atoms with Gasteiger partial charge < -0.3 is 14.7 Å². The van der Waals surface area contributed by atoms with Crippen LogP contribution in [-0.4, -0.2) is 76.8 Å². The maximum atomic E-state index is 12.8. The largest absolute Gasteiger partial charge is 0.339 e. The summed E-state index contributed by atoms with van der Waals surface area (Å²) in [5, 5.41) is 0. The number of amides is 2. The highest BCUT2D eigenvalue weighted by Gasteiger charge is 2.33. The van der Waals surface area contributed by atoms with E-state index in [1.807, 2.05) is 28.0 Å². The van der Waals surface area contributed by atoms with E-state index in [0.29, 0.717) is 26.1 Å². The number of rotatable bonds is 4. The van der Waals surface area contributed by atoms with Crippen LogP contribution in [0.2, 0.25) is 0 Å². The number of hydrogen-bond donors (Lipinski definition) is 0. The second kappa shape index (κ2) is 7.75. The van der Waals surface area contributed by atoms with Gasteiger partial charge in [0.25, 0.3) is 0 Å². The van der Waals surface area contributed by atoms with Gasteiger partial charge in [-0.2, -0.15) is 0 Å². The Labute approximate surface area is 143 Å². The van der Waals surface area contributed by atoms with Crippen molar-refractivity contribution in [2.75, 3.05) is 39.3 Å². The molecule has 2 fully saturated rings. The lowest BCUT2D eigenvalue weighted by Gasteiger charge is -2.42. The summed E-state index contributed by atoms with van der Waals surface area (Å²) in [5.41, 5.74) is 0.802. The molecule has 1 aromatic rings. The molecule has 0 spiro atoms. The highest BCUT2D eigenvalue weighted by atomic mass is 16.2. The van der Waals surface area contributed by atoms with Crippen LogP contribution in [0.4, 0.5) is 0 Å². The molecule has 0 bridgehead atoms. The molecule has 3 rings (SSSR count). The molecule has 1 aromatic heterocycles. The summed E-state index contributed by atoms with van der Waals surface area (Å²) in [4.78, 5) is 35.0. The van der Waals surface area contributed by atoms with Crippen LogP contribution in [0.5, 0.6) is 0 Å². The van der Waals surface area contributed by atoms with E-state index in [9.17, 15) is 9.59 Å². The van der Waals surface area contributed by atoms with Crippen molar-refractivity contribution < 1.29 is 9.59 Å². The highest BCUT2D eigenvalue weighted by molar-refractivity contribution is 5.79. The summed E-state index contributed by atoms with van der Waals surface area (Å²) in [6, 6.07) is 5.73. The second-order valence-electron chi connectivity index (χ2n) is 6.71. The molecular formula is C18H26N4O2. The van der Waals surface area contributed by atoms with E-state index in [4.69, 9.17) is 0 Å². The van der Waals surface area contributed by atoms with Crippen LogP contribution < -0.4 is 0 Å². The number of carbonyl (C=O) groups is 2. The van der Waals surface area contributed by atoms with Crippen LogP contribution in [0.25, 0.3) is 0 Å². The van der Waals surface area contributed by atoms with E-state index in [1.165, 1.54) is 12.8 Å². The van der Waals surface area contributed by atoms with Crippen LogP contribution in [0.15, 0.2) is 24.4 Å². The van der Waals surface area contributed by atoms with Gasteiger partial charge in [-0.25, -0.2) is 0 Å². The summed E-state index contributed by atoms with van der Waals surface area (Å²) in [5.74, 6) is 0.208. The van der Waals surface area contributed by atoms with Gasteiger partial charge in [-0.05, 0) is 38.1 Å². The molecular weight excluding hydrogens is 304 g/mol. The van der Waals surface area contributed by atoms with Gasteiger partial charge >= 0.3 is 0 Å². The first-order chi connectivity index (χ1) is 11.6. The average Bonchev–Trinajstić information content (AvgIpc) is 3.08. The summed E-state index contributed by atoms with van der Waals surface area (Å²) in [6.45, 7) is 6.54. The first-order valence-corrected chi connectivity index (χ1v) is 8.81. The molecule has 2 amide bonds. The van der Waals surface area contributed by atoms with Gasteiger partial charge in [0.1, 0.15) is 0 Å². The quantitative estimate of drug-likeness (QED) is 0.819. The lowest BCUT2D eigenvalue weighted by Crippen LogP contribution is -2.59. The number of hydrogen-bond acceptors (Lipinski definition) is 4. The third-order valence-electron chi connectivity index (χ3n) is 4.97.